The molecule has 1 rings (SSSR count). The maximum absolute atomic E-state index is 11.1. The fraction of sp³-hybridized carbons (Fsp3) is 0.889. The first-order valence-electron chi connectivity index (χ1n) is 5.07. The smallest absolute Gasteiger partial charge is 0.236 e. The van der Waals surface area contributed by atoms with Crippen LogP contribution in [0.4, 0.5) is 0 Å². The Morgan fingerprint density at radius 2 is 2.50 bits per heavy atom. The number of nitrogens with zero attached hydrogens (tertiary/aromatic N) is 1. The molecule has 14 heavy (non-hydrogen) atoms. The lowest BCUT2D eigenvalue weighted by molar-refractivity contribution is -0.123. The number of carbonyl (C=O) groups is 1. The lowest BCUT2D eigenvalue weighted by Gasteiger charge is -2.33. The van der Waals surface area contributed by atoms with E-state index < -0.39 is 0 Å². The van der Waals surface area contributed by atoms with Crippen molar-refractivity contribution in [1.82, 2.24) is 10.2 Å². The second-order valence-corrected chi connectivity index (χ2v) is 4.75. The third-order valence-corrected chi connectivity index (χ3v) is 3.29. The van der Waals surface area contributed by atoms with Gasteiger partial charge in [0.25, 0.3) is 0 Å². The van der Waals surface area contributed by atoms with Crippen molar-refractivity contribution < 1.29 is 4.79 Å². The monoisotopic (exact) mass is 217 g/mol. The van der Waals surface area contributed by atoms with Crippen molar-refractivity contribution in [2.24, 2.45) is 5.73 Å². The molecule has 4 nitrogen and oxygen atoms in total. The molecule has 0 spiro atoms. The lowest BCUT2D eigenvalue weighted by atomic mass is 10.2. The zero-order valence-corrected chi connectivity index (χ0v) is 9.48. The Hall–Kier alpha value is -0.260. The van der Waals surface area contributed by atoms with Crippen LogP contribution in [0.2, 0.25) is 0 Å². The SMILES string of the molecule is CCSCCN1CCNCC1C(N)=O. The molecule has 5 heteroatoms. The van der Waals surface area contributed by atoms with E-state index in [0.717, 1.165) is 31.1 Å². The molecule has 1 aliphatic heterocycles. The van der Waals surface area contributed by atoms with Crippen LogP contribution in [0.1, 0.15) is 6.92 Å². The Morgan fingerprint density at radius 3 is 3.14 bits per heavy atom. The molecule has 1 saturated heterocycles. The van der Waals surface area contributed by atoms with E-state index in [9.17, 15) is 4.79 Å². The third-order valence-electron chi connectivity index (χ3n) is 2.41. The molecule has 0 aromatic carbocycles. The number of hydrogen-bond donors (Lipinski definition) is 2. The Labute approximate surface area is 89.6 Å². The molecule has 1 unspecified atom stereocenters. The summed E-state index contributed by atoms with van der Waals surface area (Å²) in [4.78, 5) is 13.3. The second kappa shape index (κ2) is 6.27. The molecule has 82 valence electrons. The van der Waals surface area contributed by atoms with Crippen molar-refractivity contribution in [1.29, 1.82) is 0 Å². The molecular weight excluding hydrogens is 198 g/mol. The van der Waals surface area contributed by atoms with Crippen LogP contribution in [0, 0.1) is 0 Å². The number of hydrogen-bond acceptors (Lipinski definition) is 4. The van der Waals surface area contributed by atoms with Crippen LogP contribution in [0.25, 0.3) is 0 Å². The van der Waals surface area contributed by atoms with Crippen molar-refractivity contribution in [3.05, 3.63) is 0 Å². The molecule has 1 fully saturated rings. The summed E-state index contributed by atoms with van der Waals surface area (Å²) in [5.41, 5.74) is 5.33. The van der Waals surface area contributed by atoms with Gasteiger partial charge in [-0.15, -0.1) is 0 Å². The minimum atomic E-state index is -0.210. The van der Waals surface area contributed by atoms with Gasteiger partial charge in [-0.25, -0.2) is 0 Å². The minimum absolute atomic E-state index is 0.110. The van der Waals surface area contributed by atoms with Crippen LogP contribution in [0.3, 0.4) is 0 Å². The second-order valence-electron chi connectivity index (χ2n) is 3.36. The molecule has 0 saturated carbocycles. The summed E-state index contributed by atoms with van der Waals surface area (Å²) in [6.07, 6.45) is 0. The summed E-state index contributed by atoms with van der Waals surface area (Å²) in [6, 6.07) is -0.110. The van der Waals surface area contributed by atoms with E-state index in [2.05, 4.69) is 17.1 Å². The molecule has 0 bridgehead atoms. The molecule has 0 aliphatic carbocycles. The maximum Gasteiger partial charge on any atom is 0.236 e. The molecule has 1 aliphatic rings. The fourth-order valence-corrected chi connectivity index (χ4v) is 2.27. The topological polar surface area (TPSA) is 58.4 Å². The molecule has 1 amide bonds. The van der Waals surface area contributed by atoms with E-state index in [1.165, 1.54) is 0 Å². The molecule has 3 N–H and O–H groups in total. The van der Waals surface area contributed by atoms with Crippen molar-refractivity contribution in [2.75, 3.05) is 37.7 Å². The summed E-state index contributed by atoms with van der Waals surface area (Å²) < 4.78 is 0. The van der Waals surface area contributed by atoms with Crippen LogP contribution in [0.5, 0.6) is 0 Å². The highest BCUT2D eigenvalue weighted by Crippen LogP contribution is 2.06. The fourth-order valence-electron chi connectivity index (χ4n) is 1.62. The van der Waals surface area contributed by atoms with E-state index in [0.29, 0.717) is 6.54 Å². The van der Waals surface area contributed by atoms with Gasteiger partial charge in [-0.1, -0.05) is 6.92 Å². The van der Waals surface area contributed by atoms with E-state index in [1.807, 2.05) is 11.8 Å². The Kier molecular flexibility index (Phi) is 5.29. The van der Waals surface area contributed by atoms with Crippen LogP contribution in [-0.2, 0) is 4.79 Å². The first kappa shape index (κ1) is 11.8. The number of nitrogens with one attached hydrogen (secondary N) is 1. The average Bonchev–Trinajstić information content (AvgIpc) is 2.19. The predicted molar refractivity (Wildman–Crippen MR) is 60.4 cm³/mol. The first-order valence-corrected chi connectivity index (χ1v) is 6.23. The van der Waals surface area contributed by atoms with Crippen molar-refractivity contribution in [2.45, 2.75) is 13.0 Å². The molecular formula is C9H19N3OS. The Morgan fingerprint density at radius 1 is 1.71 bits per heavy atom. The maximum atomic E-state index is 11.1. The predicted octanol–water partition coefficient (Wildman–Crippen LogP) is -0.501. The minimum Gasteiger partial charge on any atom is -0.368 e. The number of primary amides is 1. The van der Waals surface area contributed by atoms with Gasteiger partial charge in [-0.2, -0.15) is 11.8 Å². The quantitative estimate of drug-likeness (QED) is 0.610. The van der Waals surface area contributed by atoms with E-state index in [-0.39, 0.29) is 11.9 Å². The lowest BCUT2D eigenvalue weighted by Crippen LogP contribution is -2.57. The Bertz CT molecular complexity index is 189. The normalized spacial score (nSPS) is 23.6. The highest BCUT2D eigenvalue weighted by atomic mass is 32.2. The number of thioether (sulfide) groups is 1. The van der Waals surface area contributed by atoms with Crippen molar-refractivity contribution >= 4 is 17.7 Å². The summed E-state index contributed by atoms with van der Waals surface area (Å²) in [7, 11) is 0. The Balaban J connectivity index is 2.34. The standard InChI is InChI=1S/C9H19N3OS/c1-2-14-6-5-12-4-3-11-7-8(12)9(10)13/h8,11H,2-7H2,1H3,(H2,10,13). The molecule has 1 atom stereocenters. The molecule has 0 aromatic heterocycles. The van der Waals surface area contributed by atoms with Crippen molar-refractivity contribution in [3.8, 4) is 0 Å². The van der Waals surface area contributed by atoms with E-state index in [1.54, 1.807) is 0 Å². The van der Waals surface area contributed by atoms with Gasteiger partial charge in [0.2, 0.25) is 5.91 Å². The number of nitrogens with two attached hydrogens (primary N) is 1. The van der Waals surface area contributed by atoms with Crippen molar-refractivity contribution in [3.63, 3.8) is 0 Å². The van der Waals surface area contributed by atoms with Gasteiger partial charge >= 0.3 is 0 Å². The van der Waals surface area contributed by atoms with Crippen LogP contribution >= 0.6 is 11.8 Å². The van der Waals surface area contributed by atoms with Gasteiger partial charge < -0.3 is 11.1 Å². The summed E-state index contributed by atoms with van der Waals surface area (Å²) in [5.74, 6) is 2.01. The number of piperazine rings is 1. The molecule has 0 radical (unpaired) electrons. The van der Waals surface area contributed by atoms with Gasteiger partial charge in [0.1, 0.15) is 6.04 Å². The summed E-state index contributed by atoms with van der Waals surface area (Å²) in [5, 5.41) is 3.19. The highest BCUT2D eigenvalue weighted by molar-refractivity contribution is 7.99. The third kappa shape index (κ3) is 3.48. The largest absolute Gasteiger partial charge is 0.368 e. The number of amides is 1. The van der Waals surface area contributed by atoms with Gasteiger partial charge in [-0.05, 0) is 5.75 Å². The van der Waals surface area contributed by atoms with Gasteiger partial charge in [-0.3, -0.25) is 9.69 Å². The number of rotatable bonds is 5. The highest BCUT2D eigenvalue weighted by Gasteiger charge is 2.25. The molecule has 0 aromatic rings. The van der Waals surface area contributed by atoms with Crippen LogP contribution in [0.15, 0.2) is 0 Å². The van der Waals surface area contributed by atoms with E-state index >= 15 is 0 Å². The zero-order chi connectivity index (χ0) is 10.4. The van der Waals surface area contributed by atoms with Gasteiger partial charge in [0.15, 0.2) is 0 Å². The molecule has 1 heterocycles. The summed E-state index contributed by atoms with van der Waals surface area (Å²) >= 11 is 1.90. The van der Waals surface area contributed by atoms with Gasteiger partial charge in [0.05, 0.1) is 0 Å². The summed E-state index contributed by atoms with van der Waals surface area (Å²) in [6.45, 7) is 5.70. The van der Waals surface area contributed by atoms with E-state index in [4.69, 9.17) is 5.73 Å². The average molecular weight is 217 g/mol. The van der Waals surface area contributed by atoms with Crippen LogP contribution in [-0.4, -0.2) is 54.5 Å². The number of carbonyl (C=O) groups excluding carboxylic acids is 1. The van der Waals surface area contributed by atoms with Crippen LogP contribution < -0.4 is 11.1 Å². The first-order chi connectivity index (χ1) is 6.75. The zero-order valence-electron chi connectivity index (χ0n) is 8.66. The van der Waals surface area contributed by atoms with Gasteiger partial charge in [0, 0.05) is 31.9 Å².